The van der Waals surface area contributed by atoms with Gasteiger partial charge in [0.2, 0.25) is 0 Å². The van der Waals surface area contributed by atoms with Crippen molar-refractivity contribution in [1.82, 2.24) is 4.90 Å². The Morgan fingerprint density at radius 1 is 1.08 bits per heavy atom. The van der Waals surface area contributed by atoms with E-state index >= 15 is 0 Å². The van der Waals surface area contributed by atoms with E-state index in [9.17, 15) is 10.2 Å². The van der Waals surface area contributed by atoms with Crippen molar-refractivity contribution in [2.24, 2.45) is 0 Å². The fourth-order valence-corrected chi connectivity index (χ4v) is 4.11. The van der Waals surface area contributed by atoms with E-state index in [0.29, 0.717) is 0 Å². The molecule has 2 rings (SSSR count). The van der Waals surface area contributed by atoms with Crippen LogP contribution in [0.1, 0.15) is 46.0 Å². The minimum Gasteiger partial charge on any atom is -0.395 e. The van der Waals surface area contributed by atoms with Crippen molar-refractivity contribution < 1.29 is 10.2 Å². The fourth-order valence-electron chi connectivity index (χ4n) is 3.38. The largest absolute Gasteiger partial charge is 0.395 e. The van der Waals surface area contributed by atoms with Crippen LogP contribution in [0.5, 0.6) is 0 Å². The first kappa shape index (κ1) is 19.1. The van der Waals surface area contributed by atoms with Crippen molar-refractivity contribution in [3.8, 4) is 0 Å². The predicted molar refractivity (Wildman–Crippen MR) is 101 cm³/mol. The van der Waals surface area contributed by atoms with Crippen LogP contribution in [0.3, 0.4) is 0 Å². The Morgan fingerprint density at radius 2 is 1.79 bits per heavy atom. The van der Waals surface area contributed by atoms with Gasteiger partial charge in [-0.05, 0) is 66.5 Å². The third-order valence-corrected chi connectivity index (χ3v) is 5.81. The smallest absolute Gasteiger partial charge is 0.0687 e. The van der Waals surface area contributed by atoms with Crippen LogP contribution in [0.4, 0.5) is 0 Å². The SMILES string of the molecule is CC[C@@H](CO)N(Cc1cccs1)Cc1c(C)cc(C)c(CO)c1C. The van der Waals surface area contributed by atoms with Gasteiger partial charge < -0.3 is 10.2 Å². The summed E-state index contributed by atoms with van der Waals surface area (Å²) in [4.78, 5) is 3.67. The summed E-state index contributed by atoms with van der Waals surface area (Å²) in [7, 11) is 0. The lowest BCUT2D eigenvalue weighted by molar-refractivity contribution is 0.107. The Hall–Kier alpha value is -1.20. The first-order chi connectivity index (χ1) is 11.5. The van der Waals surface area contributed by atoms with Gasteiger partial charge in [0.05, 0.1) is 13.2 Å². The number of aliphatic hydroxyl groups is 2. The number of aryl methyl sites for hydroxylation is 2. The average Bonchev–Trinajstić information content (AvgIpc) is 3.05. The molecule has 0 unspecified atom stereocenters. The Labute approximate surface area is 149 Å². The molecule has 0 radical (unpaired) electrons. The maximum atomic E-state index is 9.81. The molecule has 1 aromatic heterocycles. The van der Waals surface area contributed by atoms with Gasteiger partial charge in [0.1, 0.15) is 0 Å². The molecule has 0 fully saturated rings. The molecule has 0 saturated heterocycles. The highest BCUT2D eigenvalue weighted by molar-refractivity contribution is 7.09. The Morgan fingerprint density at radius 3 is 2.33 bits per heavy atom. The zero-order chi connectivity index (χ0) is 17.7. The first-order valence-corrected chi connectivity index (χ1v) is 9.46. The molecule has 0 aliphatic carbocycles. The summed E-state index contributed by atoms with van der Waals surface area (Å²) in [6.07, 6.45) is 0.915. The van der Waals surface area contributed by atoms with Gasteiger partial charge in [0, 0.05) is 24.0 Å². The van der Waals surface area contributed by atoms with Crippen LogP contribution < -0.4 is 0 Å². The van der Waals surface area contributed by atoms with Crippen LogP contribution in [-0.4, -0.2) is 27.8 Å². The molecule has 4 heteroatoms. The van der Waals surface area contributed by atoms with Crippen molar-refractivity contribution >= 4 is 11.3 Å². The topological polar surface area (TPSA) is 43.7 Å². The summed E-state index contributed by atoms with van der Waals surface area (Å²) >= 11 is 1.76. The molecule has 0 spiro atoms. The zero-order valence-corrected chi connectivity index (χ0v) is 16.0. The number of hydrogen-bond acceptors (Lipinski definition) is 4. The highest BCUT2D eigenvalue weighted by Crippen LogP contribution is 2.26. The summed E-state index contributed by atoms with van der Waals surface area (Å²) in [6.45, 7) is 10.3. The van der Waals surface area contributed by atoms with Crippen molar-refractivity contribution in [2.45, 2.75) is 59.9 Å². The molecule has 1 aromatic carbocycles. The second-order valence-electron chi connectivity index (χ2n) is 6.48. The summed E-state index contributed by atoms with van der Waals surface area (Å²) in [5.74, 6) is 0. The number of thiophene rings is 1. The van der Waals surface area contributed by atoms with E-state index in [1.54, 1.807) is 11.3 Å². The molecular formula is C20H29NO2S. The van der Waals surface area contributed by atoms with Gasteiger partial charge in [-0.2, -0.15) is 0 Å². The molecule has 2 aromatic rings. The molecule has 0 amide bonds. The lowest BCUT2D eigenvalue weighted by Gasteiger charge is -2.31. The first-order valence-electron chi connectivity index (χ1n) is 8.58. The van der Waals surface area contributed by atoms with Crippen LogP contribution in [-0.2, 0) is 19.7 Å². The second-order valence-corrected chi connectivity index (χ2v) is 7.51. The second kappa shape index (κ2) is 8.77. The van der Waals surface area contributed by atoms with Crippen molar-refractivity contribution in [1.29, 1.82) is 0 Å². The summed E-state index contributed by atoms with van der Waals surface area (Å²) in [5.41, 5.74) is 5.89. The monoisotopic (exact) mass is 347 g/mol. The van der Waals surface area contributed by atoms with Crippen molar-refractivity contribution in [2.75, 3.05) is 6.61 Å². The molecule has 24 heavy (non-hydrogen) atoms. The maximum Gasteiger partial charge on any atom is 0.0687 e. The lowest BCUT2D eigenvalue weighted by Crippen LogP contribution is -2.36. The number of benzene rings is 1. The van der Waals surface area contributed by atoms with E-state index < -0.39 is 0 Å². The fraction of sp³-hybridized carbons (Fsp3) is 0.500. The molecule has 0 aliphatic heterocycles. The molecule has 3 nitrogen and oxygen atoms in total. The van der Waals surface area contributed by atoms with E-state index in [1.165, 1.54) is 21.6 Å². The Balaban J connectivity index is 2.35. The molecule has 1 atom stereocenters. The van der Waals surface area contributed by atoms with E-state index in [2.05, 4.69) is 56.2 Å². The van der Waals surface area contributed by atoms with E-state index in [4.69, 9.17) is 0 Å². The van der Waals surface area contributed by atoms with E-state index in [-0.39, 0.29) is 19.3 Å². The maximum absolute atomic E-state index is 9.81. The highest BCUT2D eigenvalue weighted by atomic mass is 32.1. The molecule has 1 heterocycles. The quantitative estimate of drug-likeness (QED) is 0.760. The lowest BCUT2D eigenvalue weighted by atomic mass is 9.93. The molecule has 0 saturated carbocycles. The molecule has 132 valence electrons. The zero-order valence-electron chi connectivity index (χ0n) is 15.2. The predicted octanol–water partition coefficient (Wildman–Crippen LogP) is 3.94. The van der Waals surface area contributed by atoms with Gasteiger partial charge in [0.15, 0.2) is 0 Å². The molecular weight excluding hydrogens is 318 g/mol. The third kappa shape index (κ3) is 4.25. The minimum absolute atomic E-state index is 0.0765. The van der Waals surface area contributed by atoms with Gasteiger partial charge in [-0.1, -0.05) is 19.1 Å². The van der Waals surface area contributed by atoms with Crippen molar-refractivity contribution in [3.63, 3.8) is 0 Å². The van der Waals surface area contributed by atoms with Gasteiger partial charge in [-0.25, -0.2) is 0 Å². The molecule has 0 aliphatic rings. The molecule has 0 bridgehead atoms. The minimum atomic E-state index is 0.0765. The van der Waals surface area contributed by atoms with Crippen LogP contribution in [0, 0.1) is 20.8 Å². The van der Waals surface area contributed by atoms with Crippen molar-refractivity contribution in [3.05, 3.63) is 56.3 Å². The number of aliphatic hydroxyl groups excluding tert-OH is 2. The average molecular weight is 348 g/mol. The molecule has 2 N–H and O–H groups in total. The summed E-state index contributed by atoms with van der Waals surface area (Å²) in [6, 6.07) is 6.53. The van der Waals surface area contributed by atoms with Gasteiger partial charge in [0.25, 0.3) is 0 Å². The Kier molecular flexibility index (Phi) is 6.99. The standard InChI is InChI=1S/C20H29NO2S/c1-5-17(12-22)21(10-18-7-6-8-24-18)11-19-14(2)9-15(3)20(13-23)16(19)4/h6-9,17,22-23H,5,10-13H2,1-4H3/t17-/m0/s1. The number of rotatable bonds is 8. The van der Waals surface area contributed by atoms with Crippen LogP contribution in [0.2, 0.25) is 0 Å². The van der Waals surface area contributed by atoms with E-state index in [1.807, 2.05) is 0 Å². The van der Waals surface area contributed by atoms with Crippen LogP contribution >= 0.6 is 11.3 Å². The summed E-state index contributed by atoms with van der Waals surface area (Å²) < 4.78 is 0. The van der Waals surface area contributed by atoms with Gasteiger partial charge in [-0.3, -0.25) is 4.90 Å². The van der Waals surface area contributed by atoms with Gasteiger partial charge >= 0.3 is 0 Å². The Bertz CT molecular complexity index is 648. The number of hydrogen-bond donors (Lipinski definition) is 2. The van der Waals surface area contributed by atoms with Crippen LogP contribution in [0.15, 0.2) is 23.6 Å². The summed E-state index contributed by atoms with van der Waals surface area (Å²) in [5, 5.41) is 21.6. The van der Waals surface area contributed by atoms with E-state index in [0.717, 1.165) is 30.6 Å². The van der Waals surface area contributed by atoms with Crippen LogP contribution in [0.25, 0.3) is 0 Å². The van der Waals surface area contributed by atoms with Gasteiger partial charge in [-0.15, -0.1) is 11.3 Å². The third-order valence-electron chi connectivity index (χ3n) is 4.95. The number of nitrogens with zero attached hydrogens (tertiary/aromatic N) is 1. The highest BCUT2D eigenvalue weighted by Gasteiger charge is 2.20. The normalized spacial score (nSPS) is 12.8.